The molecule has 0 aromatic carbocycles. The first kappa shape index (κ1) is 12.8. The van der Waals surface area contributed by atoms with Crippen molar-refractivity contribution in [2.75, 3.05) is 0 Å². The van der Waals surface area contributed by atoms with Crippen LogP contribution in [0, 0.1) is 6.92 Å². The van der Waals surface area contributed by atoms with Crippen LogP contribution in [0.5, 0.6) is 0 Å². The maximum absolute atomic E-state index is 12.0. The summed E-state index contributed by atoms with van der Waals surface area (Å²) < 4.78 is 7.03. The smallest absolute Gasteiger partial charge is 0.357 e. The molecular weight excluding hydrogens is 250 g/mol. The van der Waals surface area contributed by atoms with E-state index in [1.165, 1.54) is 11.3 Å². The summed E-state index contributed by atoms with van der Waals surface area (Å²) in [5.41, 5.74) is 1.30. The molecule has 6 heteroatoms. The Bertz CT molecular complexity index is 534. The standard InChI is InChI=1S/C12H15N3O2S/c1-4-15-10(7-8(2)14-15)12(16)17-9(3)11-13-5-6-18-11/h5-7,9H,4H2,1-3H3/t9-/m0/s1. The summed E-state index contributed by atoms with van der Waals surface area (Å²) in [6.45, 7) is 6.25. The van der Waals surface area contributed by atoms with Crippen LogP contribution in [0.15, 0.2) is 17.6 Å². The van der Waals surface area contributed by atoms with E-state index in [1.54, 1.807) is 16.9 Å². The Morgan fingerprint density at radius 1 is 1.61 bits per heavy atom. The number of ether oxygens (including phenoxy) is 1. The van der Waals surface area contributed by atoms with Crippen LogP contribution in [0.4, 0.5) is 0 Å². The molecule has 96 valence electrons. The molecule has 0 bridgehead atoms. The number of hydrogen-bond acceptors (Lipinski definition) is 5. The fourth-order valence-corrected chi connectivity index (χ4v) is 2.28. The molecular formula is C12H15N3O2S. The molecule has 0 spiro atoms. The van der Waals surface area contributed by atoms with Gasteiger partial charge in [0.1, 0.15) is 10.7 Å². The summed E-state index contributed by atoms with van der Waals surface area (Å²) in [6.07, 6.45) is 1.36. The Labute approximate surface area is 109 Å². The van der Waals surface area contributed by atoms with E-state index in [2.05, 4.69) is 10.1 Å². The van der Waals surface area contributed by atoms with E-state index in [9.17, 15) is 4.79 Å². The molecule has 0 radical (unpaired) electrons. The van der Waals surface area contributed by atoms with Gasteiger partial charge in [0.25, 0.3) is 0 Å². The van der Waals surface area contributed by atoms with Crippen LogP contribution < -0.4 is 0 Å². The maximum atomic E-state index is 12.0. The monoisotopic (exact) mass is 265 g/mol. The molecule has 2 aromatic rings. The van der Waals surface area contributed by atoms with Crippen LogP contribution in [0.3, 0.4) is 0 Å². The number of carbonyl (C=O) groups excluding carboxylic acids is 1. The van der Waals surface area contributed by atoms with Crippen molar-refractivity contribution in [1.82, 2.24) is 14.8 Å². The van der Waals surface area contributed by atoms with Crippen LogP contribution in [-0.2, 0) is 11.3 Å². The molecule has 0 aliphatic heterocycles. The number of carbonyl (C=O) groups is 1. The number of hydrogen-bond donors (Lipinski definition) is 0. The van der Waals surface area contributed by atoms with Crippen LogP contribution in [-0.4, -0.2) is 20.7 Å². The zero-order valence-electron chi connectivity index (χ0n) is 10.6. The van der Waals surface area contributed by atoms with E-state index in [4.69, 9.17) is 4.74 Å². The van der Waals surface area contributed by atoms with Gasteiger partial charge in [-0.05, 0) is 26.8 Å². The number of aromatic nitrogens is 3. The third kappa shape index (κ3) is 2.59. The molecule has 18 heavy (non-hydrogen) atoms. The highest BCUT2D eigenvalue weighted by atomic mass is 32.1. The van der Waals surface area contributed by atoms with Crippen molar-refractivity contribution in [3.05, 3.63) is 34.0 Å². The fourth-order valence-electron chi connectivity index (χ4n) is 1.66. The average Bonchev–Trinajstić information content (AvgIpc) is 2.96. The number of esters is 1. The van der Waals surface area contributed by atoms with Crippen LogP contribution in [0.1, 0.15) is 41.1 Å². The van der Waals surface area contributed by atoms with Crippen molar-refractivity contribution >= 4 is 17.3 Å². The Kier molecular flexibility index (Phi) is 3.76. The third-order valence-electron chi connectivity index (χ3n) is 2.49. The molecule has 0 saturated carbocycles. The number of thiazole rings is 1. The van der Waals surface area contributed by atoms with Gasteiger partial charge in [-0.2, -0.15) is 5.10 Å². The van der Waals surface area contributed by atoms with E-state index in [-0.39, 0.29) is 12.1 Å². The first-order chi connectivity index (χ1) is 8.61. The lowest BCUT2D eigenvalue weighted by Gasteiger charge is -2.10. The Balaban J connectivity index is 2.12. The molecule has 1 atom stereocenters. The second kappa shape index (κ2) is 5.30. The van der Waals surface area contributed by atoms with Gasteiger partial charge in [0, 0.05) is 18.1 Å². The van der Waals surface area contributed by atoms with E-state index in [1.807, 2.05) is 26.2 Å². The number of aryl methyl sites for hydroxylation is 2. The highest BCUT2D eigenvalue weighted by Crippen LogP contribution is 2.20. The summed E-state index contributed by atoms with van der Waals surface area (Å²) in [5.74, 6) is -0.361. The lowest BCUT2D eigenvalue weighted by Crippen LogP contribution is -2.14. The van der Waals surface area contributed by atoms with Gasteiger partial charge in [0.15, 0.2) is 6.10 Å². The van der Waals surface area contributed by atoms with Gasteiger partial charge in [-0.1, -0.05) is 0 Å². The van der Waals surface area contributed by atoms with Crippen molar-refractivity contribution in [2.45, 2.75) is 33.4 Å². The minimum Gasteiger partial charge on any atom is -0.451 e. The zero-order chi connectivity index (χ0) is 13.1. The molecule has 2 rings (SSSR count). The molecule has 0 N–H and O–H groups in total. The summed E-state index contributed by atoms with van der Waals surface area (Å²) in [6, 6.07) is 1.74. The number of nitrogens with zero attached hydrogens (tertiary/aromatic N) is 3. The van der Waals surface area contributed by atoms with Crippen LogP contribution in [0.2, 0.25) is 0 Å². The minimum absolute atomic E-state index is 0.335. The van der Waals surface area contributed by atoms with Gasteiger partial charge >= 0.3 is 5.97 Å². The van der Waals surface area contributed by atoms with Crippen molar-refractivity contribution < 1.29 is 9.53 Å². The summed E-state index contributed by atoms with van der Waals surface area (Å²) in [7, 11) is 0. The second-order valence-corrected chi connectivity index (χ2v) is 4.83. The maximum Gasteiger partial charge on any atom is 0.357 e. The summed E-state index contributed by atoms with van der Waals surface area (Å²) in [4.78, 5) is 16.2. The quantitative estimate of drug-likeness (QED) is 0.797. The van der Waals surface area contributed by atoms with Gasteiger partial charge in [-0.3, -0.25) is 4.68 Å². The summed E-state index contributed by atoms with van der Waals surface area (Å²) >= 11 is 1.47. The molecule has 5 nitrogen and oxygen atoms in total. The van der Waals surface area contributed by atoms with E-state index < -0.39 is 0 Å². The summed E-state index contributed by atoms with van der Waals surface area (Å²) in [5, 5.41) is 6.88. The van der Waals surface area contributed by atoms with E-state index in [0.717, 1.165) is 10.7 Å². The third-order valence-corrected chi connectivity index (χ3v) is 3.43. The predicted octanol–water partition coefficient (Wildman–Crippen LogP) is 2.59. The van der Waals surface area contributed by atoms with Gasteiger partial charge < -0.3 is 4.74 Å². The highest BCUT2D eigenvalue weighted by Gasteiger charge is 2.19. The Hall–Kier alpha value is -1.69. The minimum atomic E-state index is -0.361. The normalized spacial score (nSPS) is 12.4. The molecule has 0 fully saturated rings. The molecule has 0 aliphatic carbocycles. The van der Waals surface area contributed by atoms with Gasteiger partial charge in [0.2, 0.25) is 0 Å². The first-order valence-electron chi connectivity index (χ1n) is 5.76. The fraction of sp³-hybridized carbons (Fsp3) is 0.417. The molecule has 2 heterocycles. The Morgan fingerprint density at radius 3 is 3.00 bits per heavy atom. The van der Waals surface area contributed by atoms with Crippen LogP contribution >= 0.6 is 11.3 Å². The molecule has 2 aromatic heterocycles. The van der Waals surface area contributed by atoms with Crippen molar-refractivity contribution in [2.24, 2.45) is 0 Å². The van der Waals surface area contributed by atoms with Gasteiger partial charge in [0.05, 0.1) is 5.69 Å². The molecule has 0 unspecified atom stereocenters. The van der Waals surface area contributed by atoms with E-state index in [0.29, 0.717) is 12.2 Å². The largest absolute Gasteiger partial charge is 0.451 e. The van der Waals surface area contributed by atoms with Crippen LogP contribution in [0.25, 0.3) is 0 Å². The second-order valence-electron chi connectivity index (χ2n) is 3.90. The van der Waals surface area contributed by atoms with E-state index >= 15 is 0 Å². The number of rotatable bonds is 4. The lowest BCUT2D eigenvalue weighted by atomic mass is 10.3. The molecule has 0 saturated heterocycles. The van der Waals surface area contributed by atoms with Gasteiger partial charge in [-0.25, -0.2) is 9.78 Å². The average molecular weight is 265 g/mol. The van der Waals surface area contributed by atoms with Crippen molar-refractivity contribution in [3.63, 3.8) is 0 Å². The predicted molar refractivity (Wildman–Crippen MR) is 68.6 cm³/mol. The van der Waals surface area contributed by atoms with Gasteiger partial charge in [-0.15, -0.1) is 11.3 Å². The Morgan fingerprint density at radius 2 is 2.39 bits per heavy atom. The molecule has 0 aliphatic rings. The SMILES string of the molecule is CCn1nc(C)cc1C(=O)O[C@@H](C)c1nccs1. The van der Waals surface area contributed by atoms with Crippen molar-refractivity contribution in [1.29, 1.82) is 0 Å². The lowest BCUT2D eigenvalue weighted by molar-refractivity contribution is 0.0323. The molecule has 0 amide bonds. The van der Waals surface area contributed by atoms with Crippen molar-refractivity contribution in [3.8, 4) is 0 Å². The topological polar surface area (TPSA) is 57.0 Å². The zero-order valence-corrected chi connectivity index (χ0v) is 11.4. The highest BCUT2D eigenvalue weighted by molar-refractivity contribution is 7.09. The first-order valence-corrected chi connectivity index (χ1v) is 6.64.